The molecule has 0 saturated carbocycles. The monoisotopic (exact) mass is 752 g/mol. The Kier molecular flexibility index (Phi) is 8.20. The van der Waals surface area contributed by atoms with Gasteiger partial charge < -0.3 is 0 Å². The number of hydrogen-bond donors (Lipinski definition) is 0. The maximum absolute atomic E-state index is 5.62. The van der Waals surface area contributed by atoms with Crippen LogP contribution in [0.1, 0.15) is 25.1 Å². The molecular formula is C57H40N2. The zero-order valence-electron chi connectivity index (χ0n) is 33.0. The van der Waals surface area contributed by atoms with Gasteiger partial charge in [-0.3, -0.25) is 0 Å². The normalized spacial score (nSPS) is 12.7. The van der Waals surface area contributed by atoms with E-state index in [0.717, 1.165) is 50.6 Å². The minimum atomic E-state index is -0.399. The van der Waals surface area contributed by atoms with Gasteiger partial charge in [0.2, 0.25) is 0 Å². The minimum absolute atomic E-state index is 0.399. The summed E-state index contributed by atoms with van der Waals surface area (Å²) in [6.07, 6.45) is 0. The molecule has 59 heavy (non-hydrogen) atoms. The van der Waals surface area contributed by atoms with Gasteiger partial charge in [0.05, 0.1) is 11.4 Å². The summed E-state index contributed by atoms with van der Waals surface area (Å²) in [6.45, 7) is 4.69. The van der Waals surface area contributed by atoms with Crippen molar-refractivity contribution in [3.05, 3.63) is 218 Å². The highest BCUT2D eigenvalue weighted by Gasteiger charge is 2.42. The van der Waals surface area contributed by atoms with Gasteiger partial charge in [-0.1, -0.05) is 196 Å². The van der Waals surface area contributed by atoms with Crippen LogP contribution in [0.4, 0.5) is 0 Å². The molecule has 11 rings (SSSR count). The number of rotatable bonds is 6. The Balaban J connectivity index is 1.14. The molecular weight excluding hydrogens is 713 g/mol. The van der Waals surface area contributed by atoms with Crippen LogP contribution in [0.3, 0.4) is 0 Å². The van der Waals surface area contributed by atoms with E-state index in [1.54, 1.807) is 0 Å². The molecule has 0 N–H and O–H groups in total. The Morgan fingerprint density at radius 2 is 0.678 bits per heavy atom. The molecule has 0 fully saturated rings. The van der Waals surface area contributed by atoms with Gasteiger partial charge in [-0.15, -0.1) is 0 Å². The van der Waals surface area contributed by atoms with E-state index in [1.165, 1.54) is 60.5 Å². The summed E-state index contributed by atoms with van der Waals surface area (Å²) in [6, 6.07) is 74.2. The van der Waals surface area contributed by atoms with E-state index in [9.17, 15) is 0 Å². The van der Waals surface area contributed by atoms with E-state index in [4.69, 9.17) is 9.97 Å². The third kappa shape index (κ3) is 5.87. The third-order valence-electron chi connectivity index (χ3n) is 12.2. The molecule has 0 bridgehead atoms. The molecule has 0 spiro atoms. The average molecular weight is 753 g/mol. The van der Waals surface area contributed by atoms with Crippen molar-refractivity contribution in [3.63, 3.8) is 0 Å². The summed E-state index contributed by atoms with van der Waals surface area (Å²) >= 11 is 0. The molecule has 0 amide bonds. The molecule has 2 heteroatoms. The lowest BCUT2D eigenvalue weighted by molar-refractivity contribution is 0.641. The molecule has 1 aromatic heterocycles. The van der Waals surface area contributed by atoms with Crippen molar-refractivity contribution >= 4 is 21.5 Å². The van der Waals surface area contributed by atoms with Crippen molar-refractivity contribution in [2.24, 2.45) is 0 Å². The summed E-state index contributed by atoms with van der Waals surface area (Å²) in [4.78, 5) is 11.2. The number of benzene rings is 9. The van der Waals surface area contributed by atoms with Crippen LogP contribution in [0.2, 0.25) is 0 Å². The fourth-order valence-corrected chi connectivity index (χ4v) is 9.36. The summed E-state index contributed by atoms with van der Waals surface area (Å²) in [5.41, 5.74) is 16.7. The number of fused-ring (bicyclic) bond motifs is 8. The van der Waals surface area contributed by atoms with Crippen LogP contribution in [-0.2, 0) is 5.41 Å². The molecule has 1 aliphatic carbocycles. The van der Waals surface area contributed by atoms with Crippen molar-refractivity contribution in [2.75, 3.05) is 0 Å². The molecule has 278 valence electrons. The lowest BCUT2D eigenvalue weighted by Gasteiger charge is -2.23. The largest absolute Gasteiger partial charge is 0.231 e. The van der Waals surface area contributed by atoms with Crippen LogP contribution in [-0.4, -0.2) is 9.97 Å². The number of hydrogen-bond acceptors (Lipinski definition) is 2. The van der Waals surface area contributed by atoms with Crippen LogP contribution in [0.5, 0.6) is 0 Å². The quantitative estimate of drug-likeness (QED) is 0.158. The first-order valence-electron chi connectivity index (χ1n) is 20.4. The van der Waals surface area contributed by atoms with Crippen LogP contribution in [0, 0.1) is 0 Å². The van der Waals surface area contributed by atoms with Gasteiger partial charge in [0.1, 0.15) is 0 Å². The Labute approximate surface area is 345 Å². The minimum Gasteiger partial charge on any atom is -0.231 e. The van der Waals surface area contributed by atoms with Crippen LogP contribution in [0.15, 0.2) is 206 Å². The highest BCUT2D eigenvalue weighted by molar-refractivity contribution is 6.19. The van der Waals surface area contributed by atoms with E-state index >= 15 is 0 Å². The van der Waals surface area contributed by atoms with Crippen molar-refractivity contribution in [1.29, 1.82) is 0 Å². The maximum Gasteiger partial charge on any atom is 0.160 e. The first-order valence-corrected chi connectivity index (χ1v) is 20.4. The van der Waals surface area contributed by atoms with Crippen LogP contribution in [0.25, 0.3) is 99.8 Å². The van der Waals surface area contributed by atoms with Crippen LogP contribution < -0.4 is 0 Å². The highest BCUT2D eigenvalue weighted by atomic mass is 14.9. The first kappa shape index (κ1) is 34.8. The standard InChI is InChI=1S/C57H40N2/c1-57(2)53-50-32-12-10-30-48(50)47-29-9-11-31-49(47)51(53)52-54(45-27-15-25-43(35-45)41-23-13-21-39(33-41)37-17-5-3-6-18-37)58-56(59-55(52)57)46-28-16-26-44(36-46)42-24-14-22-40(34-42)38-19-7-4-8-20-38/h3-36H,1-2H3. The fraction of sp³-hybridized carbons (Fsp3) is 0.0526. The SMILES string of the molecule is CC1(C)c2nc(-c3cccc(-c4cccc(-c5ccccc5)c4)c3)nc(-c3cccc(-c4cccc(-c5ccccc5)c4)c3)c2-c2c1c1ccccc1c1ccccc21. The molecule has 0 unspecified atom stereocenters. The van der Waals surface area contributed by atoms with E-state index in [2.05, 4.69) is 220 Å². The molecule has 1 aliphatic rings. The van der Waals surface area contributed by atoms with Gasteiger partial charge in [-0.05, 0) is 101 Å². The average Bonchev–Trinajstić information content (AvgIpc) is 3.56. The van der Waals surface area contributed by atoms with Gasteiger partial charge >= 0.3 is 0 Å². The first-order chi connectivity index (χ1) is 29.0. The molecule has 0 saturated heterocycles. The van der Waals surface area contributed by atoms with Gasteiger partial charge in [0, 0.05) is 22.1 Å². The van der Waals surface area contributed by atoms with Gasteiger partial charge in [0.15, 0.2) is 5.82 Å². The molecule has 0 radical (unpaired) electrons. The van der Waals surface area contributed by atoms with Crippen molar-refractivity contribution in [1.82, 2.24) is 9.97 Å². The molecule has 10 aromatic rings. The summed E-state index contributed by atoms with van der Waals surface area (Å²) in [5, 5.41) is 5.02. The highest BCUT2D eigenvalue weighted by Crippen LogP contribution is 2.56. The van der Waals surface area contributed by atoms with Crippen molar-refractivity contribution < 1.29 is 0 Å². The Bertz CT molecular complexity index is 3230. The second-order valence-corrected chi connectivity index (χ2v) is 16.1. The molecule has 9 aromatic carbocycles. The Hall–Kier alpha value is -7.42. The van der Waals surface area contributed by atoms with Crippen molar-refractivity contribution in [2.45, 2.75) is 19.3 Å². The van der Waals surface area contributed by atoms with E-state index < -0.39 is 5.41 Å². The lowest BCUT2D eigenvalue weighted by Crippen LogP contribution is -2.18. The van der Waals surface area contributed by atoms with Gasteiger partial charge in [-0.2, -0.15) is 0 Å². The van der Waals surface area contributed by atoms with Gasteiger partial charge in [0.25, 0.3) is 0 Å². The van der Waals surface area contributed by atoms with E-state index in [0.29, 0.717) is 0 Å². The molecule has 1 heterocycles. The molecule has 0 atom stereocenters. The second-order valence-electron chi connectivity index (χ2n) is 16.1. The second kappa shape index (κ2) is 13.9. The zero-order valence-corrected chi connectivity index (χ0v) is 33.0. The lowest BCUT2D eigenvalue weighted by atomic mass is 9.81. The Morgan fingerprint density at radius 1 is 0.305 bits per heavy atom. The number of aromatic nitrogens is 2. The maximum atomic E-state index is 5.62. The summed E-state index contributed by atoms with van der Waals surface area (Å²) in [7, 11) is 0. The van der Waals surface area contributed by atoms with E-state index in [-0.39, 0.29) is 0 Å². The fourth-order valence-electron chi connectivity index (χ4n) is 9.36. The predicted octanol–water partition coefficient (Wildman–Crippen LogP) is 15.1. The topological polar surface area (TPSA) is 25.8 Å². The van der Waals surface area contributed by atoms with Crippen molar-refractivity contribution in [3.8, 4) is 78.3 Å². The third-order valence-corrected chi connectivity index (χ3v) is 12.2. The smallest absolute Gasteiger partial charge is 0.160 e. The Morgan fingerprint density at radius 3 is 1.22 bits per heavy atom. The van der Waals surface area contributed by atoms with E-state index in [1.807, 2.05) is 0 Å². The predicted molar refractivity (Wildman–Crippen MR) is 247 cm³/mol. The molecule has 0 aliphatic heterocycles. The number of nitrogens with zero attached hydrogens (tertiary/aromatic N) is 2. The van der Waals surface area contributed by atoms with Gasteiger partial charge in [-0.25, -0.2) is 9.97 Å². The molecule has 2 nitrogen and oxygen atoms in total. The summed E-state index contributed by atoms with van der Waals surface area (Å²) in [5.74, 6) is 0.728. The van der Waals surface area contributed by atoms with Crippen LogP contribution >= 0.6 is 0 Å². The summed E-state index contributed by atoms with van der Waals surface area (Å²) < 4.78 is 0. The zero-order chi connectivity index (χ0) is 39.5.